The lowest BCUT2D eigenvalue weighted by Crippen LogP contribution is -2.47. The molecule has 1 N–H and O–H groups in total. The van der Waals surface area contributed by atoms with Gasteiger partial charge in [0.2, 0.25) is 11.7 Å². The van der Waals surface area contributed by atoms with Crippen LogP contribution in [0.1, 0.15) is 54.2 Å². The Hall–Kier alpha value is -4.34. The van der Waals surface area contributed by atoms with Gasteiger partial charge in [0, 0.05) is 24.1 Å². The van der Waals surface area contributed by atoms with Crippen LogP contribution < -0.4 is 10.2 Å². The first-order chi connectivity index (χ1) is 18.4. The molecule has 1 atom stereocenters. The van der Waals surface area contributed by atoms with Crippen molar-refractivity contribution in [3.63, 3.8) is 0 Å². The molecule has 1 aromatic carbocycles. The van der Waals surface area contributed by atoms with E-state index in [1.165, 1.54) is 4.80 Å². The van der Waals surface area contributed by atoms with Gasteiger partial charge in [-0.05, 0) is 80.3 Å². The van der Waals surface area contributed by atoms with E-state index in [9.17, 15) is 9.59 Å². The minimum absolute atomic E-state index is 0.0965. The summed E-state index contributed by atoms with van der Waals surface area (Å²) in [6.07, 6.45) is 7.30. The highest BCUT2D eigenvalue weighted by atomic mass is 16.3. The Morgan fingerprint density at radius 2 is 1.84 bits per heavy atom. The lowest BCUT2D eigenvalue weighted by Gasteiger charge is -2.33. The van der Waals surface area contributed by atoms with Crippen molar-refractivity contribution in [3.05, 3.63) is 77.3 Å². The molecule has 0 aliphatic heterocycles. The zero-order valence-corrected chi connectivity index (χ0v) is 21.8. The molecule has 3 aromatic heterocycles. The van der Waals surface area contributed by atoms with E-state index < -0.39 is 6.04 Å². The minimum Gasteiger partial charge on any atom is -0.458 e. The Morgan fingerprint density at radius 3 is 2.53 bits per heavy atom. The molecule has 1 aliphatic rings. The molecule has 5 rings (SSSR count). The third-order valence-corrected chi connectivity index (χ3v) is 6.80. The molecular formula is C28H31N7O3. The van der Waals surface area contributed by atoms with Gasteiger partial charge in [0.1, 0.15) is 18.3 Å². The summed E-state index contributed by atoms with van der Waals surface area (Å²) in [4.78, 5) is 34.8. The molecular weight excluding hydrogens is 482 g/mol. The van der Waals surface area contributed by atoms with E-state index in [-0.39, 0.29) is 30.2 Å². The van der Waals surface area contributed by atoms with Crippen LogP contribution in [-0.4, -0.2) is 43.0 Å². The summed E-state index contributed by atoms with van der Waals surface area (Å²) in [5.74, 6) is 0.906. The molecule has 1 aliphatic carbocycles. The second-order valence-corrected chi connectivity index (χ2v) is 9.78. The Balaban J connectivity index is 1.52. The van der Waals surface area contributed by atoms with Gasteiger partial charge in [-0.3, -0.25) is 19.5 Å². The molecule has 0 unspecified atom stereocenters. The van der Waals surface area contributed by atoms with Crippen molar-refractivity contribution >= 4 is 17.5 Å². The van der Waals surface area contributed by atoms with E-state index in [1.807, 2.05) is 45.0 Å². The number of rotatable bonds is 8. The van der Waals surface area contributed by atoms with Gasteiger partial charge in [0.15, 0.2) is 5.76 Å². The summed E-state index contributed by atoms with van der Waals surface area (Å²) < 4.78 is 5.59. The maximum Gasteiger partial charge on any atom is 0.251 e. The first-order valence-electron chi connectivity index (χ1n) is 12.8. The van der Waals surface area contributed by atoms with E-state index in [0.717, 1.165) is 42.6 Å². The molecule has 3 heterocycles. The summed E-state index contributed by atoms with van der Waals surface area (Å²) in [5.41, 5.74) is 3.25. The number of benzene rings is 1. The van der Waals surface area contributed by atoms with Crippen LogP contribution in [0.25, 0.3) is 11.6 Å². The van der Waals surface area contributed by atoms with E-state index in [1.54, 1.807) is 35.5 Å². The van der Waals surface area contributed by atoms with Crippen LogP contribution in [0, 0.1) is 20.8 Å². The zero-order valence-electron chi connectivity index (χ0n) is 21.8. The molecule has 10 heteroatoms. The fraction of sp³-hybridized carbons (Fsp3) is 0.357. The van der Waals surface area contributed by atoms with Gasteiger partial charge in [-0.25, -0.2) is 0 Å². The second kappa shape index (κ2) is 11.0. The number of hydrogen-bond acceptors (Lipinski definition) is 7. The van der Waals surface area contributed by atoms with Crippen LogP contribution in [-0.2, 0) is 16.1 Å². The van der Waals surface area contributed by atoms with Gasteiger partial charge >= 0.3 is 0 Å². The van der Waals surface area contributed by atoms with Crippen LogP contribution in [0.3, 0.4) is 0 Å². The largest absolute Gasteiger partial charge is 0.458 e. The predicted molar refractivity (Wildman–Crippen MR) is 141 cm³/mol. The zero-order chi connectivity index (χ0) is 26.6. The molecule has 1 saturated carbocycles. The molecule has 0 spiro atoms. The molecule has 0 saturated heterocycles. The van der Waals surface area contributed by atoms with Crippen LogP contribution in [0.4, 0.5) is 5.69 Å². The van der Waals surface area contributed by atoms with Crippen molar-refractivity contribution in [2.45, 2.75) is 65.1 Å². The number of carbonyl (C=O) groups is 2. The predicted octanol–water partition coefficient (Wildman–Crippen LogP) is 4.09. The quantitative estimate of drug-likeness (QED) is 0.377. The van der Waals surface area contributed by atoms with E-state index in [0.29, 0.717) is 17.0 Å². The summed E-state index contributed by atoms with van der Waals surface area (Å²) >= 11 is 0. The highest BCUT2D eigenvalue weighted by molar-refractivity contribution is 6.01. The van der Waals surface area contributed by atoms with Gasteiger partial charge in [0.05, 0.1) is 0 Å². The number of tetrazole rings is 1. The number of hydrogen-bond donors (Lipinski definition) is 1. The van der Waals surface area contributed by atoms with Crippen molar-refractivity contribution < 1.29 is 14.0 Å². The third-order valence-electron chi connectivity index (χ3n) is 6.80. The summed E-state index contributed by atoms with van der Waals surface area (Å²) in [5, 5.41) is 15.7. The standard InChI is InChI=1S/C28H31N7O3/c1-18-8-10-23(19(2)16-18)35(25(36)17-34-32-27(31-33-34)24-11-9-20(3)38-24)26(21-12-14-29-15-13-21)28(37)30-22-6-4-5-7-22/h8-16,22,26H,4-7,17H2,1-3H3,(H,30,37)/t26-/m1/s1. The molecule has 196 valence electrons. The molecule has 4 aromatic rings. The van der Waals surface area contributed by atoms with Crippen LogP contribution >= 0.6 is 0 Å². The second-order valence-electron chi connectivity index (χ2n) is 9.78. The van der Waals surface area contributed by atoms with Gasteiger partial charge in [-0.15, -0.1) is 10.2 Å². The average Bonchev–Trinajstić information content (AvgIpc) is 3.66. The Morgan fingerprint density at radius 1 is 1.08 bits per heavy atom. The van der Waals surface area contributed by atoms with Crippen molar-refractivity contribution in [1.82, 2.24) is 30.5 Å². The lowest BCUT2D eigenvalue weighted by molar-refractivity contribution is -0.127. The molecule has 38 heavy (non-hydrogen) atoms. The molecule has 10 nitrogen and oxygen atoms in total. The normalized spacial score (nSPS) is 14.4. The van der Waals surface area contributed by atoms with Crippen molar-refractivity contribution in [1.29, 1.82) is 0 Å². The molecule has 2 amide bonds. The topological polar surface area (TPSA) is 119 Å². The fourth-order valence-electron chi connectivity index (χ4n) is 4.97. The average molecular weight is 514 g/mol. The summed E-state index contributed by atoms with van der Waals surface area (Å²) in [7, 11) is 0. The number of anilines is 1. The fourth-order valence-corrected chi connectivity index (χ4v) is 4.97. The van der Waals surface area contributed by atoms with Gasteiger partial charge < -0.3 is 9.73 Å². The Labute approximate surface area is 221 Å². The number of nitrogens with one attached hydrogen (secondary N) is 1. The lowest BCUT2D eigenvalue weighted by atomic mass is 10.0. The Bertz CT molecular complexity index is 1420. The molecule has 0 bridgehead atoms. The smallest absolute Gasteiger partial charge is 0.251 e. The number of carbonyl (C=O) groups excluding carboxylic acids is 2. The Kier molecular flexibility index (Phi) is 7.30. The number of furan rings is 1. The van der Waals surface area contributed by atoms with Crippen LogP contribution in [0.15, 0.2) is 59.3 Å². The third kappa shape index (κ3) is 5.49. The number of nitrogens with zero attached hydrogens (tertiary/aromatic N) is 6. The van der Waals surface area contributed by atoms with E-state index in [2.05, 4.69) is 25.7 Å². The first-order valence-corrected chi connectivity index (χ1v) is 12.8. The SMILES string of the molecule is Cc1ccc(N(C(=O)Cn2nnc(-c3ccc(C)o3)n2)[C@@H](C(=O)NC2CCCC2)c2ccncc2)c(C)c1. The maximum absolute atomic E-state index is 14.0. The molecule has 0 radical (unpaired) electrons. The monoisotopic (exact) mass is 513 g/mol. The molecule has 1 fully saturated rings. The number of aryl methyl sites for hydroxylation is 3. The summed E-state index contributed by atoms with van der Waals surface area (Å²) in [6, 6.07) is 12.1. The van der Waals surface area contributed by atoms with Gasteiger partial charge in [0.25, 0.3) is 5.91 Å². The van der Waals surface area contributed by atoms with Crippen molar-refractivity contribution in [3.8, 4) is 11.6 Å². The number of aromatic nitrogens is 5. The highest BCUT2D eigenvalue weighted by Crippen LogP contribution is 2.32. The van der Waals surface area contributed by atoms with Crippen LogP contribution in [0.2, 0.25) is 0 Å². The first kappa shape index (κ1) is 25.3. The highest BCUT2D eigenvalue weighted by Gasteiger charge is 2.35. The minimum atomic E-state index is -0.900. The van der Waals surface area contributed by atoms with E-state index in [4.69, 9.17) is 4.42 Å². The van der Waals surface area contributed by atoms with Crippen molar-refractivity contribution in [2.75, 3.05) is 4.90 Å². The number of amides is 2. The van der Waals surface area contributed by atoms with Gasteiger partial charge in [-0.1, -0.05) is 30.5 Å². The van der Waals surface area contributed by atoms with Crippen molar-refractivity contribution in [2.24, 2.45) is 0 Å². The van der Waals surface area contributed by atoms with E-state index >= 15 is 0 Å². The maximum atomic E-state index is 14.0. The number of pyridine rings is 1. The van der Waals surface area contributed by atoms with Gasteiger partial charge in [-0.2, -0.15) is 4.80 Å². The van der Waals surface area contributed by atoms with Crippen LogP contribution in [0.5, 0.6) is 0 Å². The summed E-state index contributed by atoms with van der Waals surface area (Å²) in [6.45, 7) is 5.55.